The zero-order chi connectivity index (χ0) is 8.06. The lowest BCUT2D eigenvalue weighted by molar-refractivity contribution is -0.221. The fourth-order valence-corrected chi connectivity index (χ4v) is 2.37. The molecular formula is C9H16O2. The molecule has 64 valence electrons. The van der Waals surface area contributed by atoms with Crippen molar-refractivity contribution in [1.29, 1.82) is 0 Å². The maximum atomic E-state index is 9.51. The number of aliphatic hydroxyl groups excluding tert-OH is 1. The van der Waals surface area contributed by atoms with Gasteiger partial charge in [0.2, 0.25) is 0 Å². The highest BCUT2D eigenvalue weighted by Gasteiger charge is 2.46. The Morgan fingerprint density at radius 2 is 2.09 bits per heavy atom. The van der Waals surface area contributed by atoms with Crippen molar-refractivity contribution in [2.24, 2.45) is 5.92 Å². The number of rotatable bonds is 0. The number of hydrogen-bond acceptors (Lipinski definition) is 2. The molecule has 2 bridgehead atoms. The van der Waals surface area contributed by atoms with Crippen molar-refractivity contribution in [2.45, 2.75) is 50.9 Å². The van der Waals surface area contributed by atoms with Crippen LogP contribution in [0.4, 0.5) is 0 Å². The van der Waals surface area contributed by atoms with Gasteiger partial charge in [0.1, 0.15) is 0 Å². The first kappa shape index (κ1) is 7.56. The third kappa shape index (κ3) is 1.09. The fourth-order valence-electron chi connectivity index (χ4n) is 2.37. The van der Waals surface area contributed by atoms with Crippen LogP contribution in [0, 0.1) is 5.92 Å². The summed E-state index contributed by atoms with van der Waals surface area (Å²) in [6, 6.07) is 0. The fraction of sp³-hybridized carbons (Fsp3) is 1.00. The van der Waals surface area contributed by atoms with Gasteiger partial charge in [0.25, 0.3) is 0 Å². The van der Waals surface area contributed by atoms with E-state index in [0.29, 0.717) is 5.92 Å². The lowest BCUT2D eigenvalue weighted by Gasteiger charge is -2.50. The molecule has 0 amide bonds. The van der Waals surface area contributed by atoms with Gasteiger partial charge in [-0.05, 0) is 39.0 Å². The number of aliphatic hydroxyl groups is 1. The monoisotopic (exact) mass is 156 g/mol. The van der Waals surface area contributed by atoms with Crippen LogP contribution in [0.3, 0.4) is 0 Å². The minimum Gasteiger partial charge on any atom is -0.390 e. The van der Waals surface area contributed by atoms with E-state index in [9.17, 15) is 5.11 Å². The summed E-state index contributed by atoms with van der Waals surface area (Å²) in [4.78, 5) is 0. The van der Waals surface area contributed by atoms with Crippen molar-refractivity contribution in [2.75, 3.05) is 0 Å². The van der Waals surface area contributed by atoms with Crippen molar-refractivity contribution in [3.8, 4) is 0 Å². The first-order valence-corrected chi connectivity index (χ1v) is 4.45. The molecule has 3 fully saturated rings. The van der Waals surface area contributed by atoms with E-state index in [4.69, 9.17) is 4.74 Å². The van der Waals surface area contributed by atoms with Crippen molar-refractivity contribution in [3.05, 3.63) is 0 Å². The highest BCUT2D eigenvalue weighted by molar-refractivity contribution is 4.95. The summed E-state index contributed by atoms with van der Waals surface area (Å²) < 4.78 is 5.73. The molecule has 0 aromatic heterocycles. The lowest BCUT2D eigenvalue weighted by atomic mass is 9.73. The van der Waals surface area contributed by atoms with Crippen LogP contribution in [0.1, 0.15) is 33.1 Å². The van der Waals surface area contributed by atoms with Gasteiger partial charge < -0.3 is 9.84 Å². The van der Waals surface area contributed by atoms with E-state index in [-0.39, 0.29) is 17.8 Å². The molecule has 0 spiro atoms. The van der Waals surface area contributed by atoms with E-state index in [1.54, 1.807) is 0 Å². The molecule has 1 N–H and O–H groups in total. The predicted molar refractivity (Wildman–Crippen MR) is 42.3 cm³/mol. The van der Waals surface area contributed by atoms with Crippen LogP contribution in [0.25, 0.3) is 0 Å². The topological polar surface area (TPSA) is 29.5 Å². The van der Waals surface area contributed by atoms with Gasteiger partial charge in [0, 0.05) is 0 Å². The molecule has 2 nitrogen and oxygen atoms in total. The first-order valence-electron chi connectivity index (χ1n) is 4.45. The van der Waals surface area contributed by atoms with Crippen molar-refractivity contribution < 1.29 is 9.84 Å². The minimum atomic E-state index is -0.193. The van der Waals surface area contributed by atoms with Crippen LogP contribution >= 0.6 is 0 Å². The van der Waals surface area contributed by atoms with Gasteiger partial charge in [-0.25, -0.2) is 0 Å². The molecule has 11 heavy (non-hydrogen) atoms. The highest BCUT2D eigenvalue weighted by atomic mass is 16.5. The summed E-state index contributed by atoms with van der Waals surface area (Å²) in [5.41, 5.74) is 0.0160. The smallest absolute Gasteiger partial charge is 0.0841 e. The van der Waals surface area contributed by atoms with Crippen LogP contribution in [-0.2, 0) is 4.74 Å². The second-order valence-electron chi connectivity index (χ2n) is 4.34. The standard InChI is InChI=1S/C9H16O2/c1-9(2)6-3-4-8(11-9)7(10)5-6/h6-8,10H,3-5H2,1-2H3. The van der Waals surface area contributed by atoms with Crippen molar-refractivity contribution in [3.63, 3.8) is 0 Å². The van der Waals surface area contributed by atoms with Gasteiger partial charge in [-0.3, -0.25) is 0 Å². The second-order valence-corrected chi connectivity index (χ2v) is 4.34. The lowest BCUT2D eigenvalue weighted by Crippen LogP contribution is -2.54. The Balaban J connectivity index is 2.16. The Morgan fingerprint density at radius 1 is 1.36 bits per heavy atom. The molecule has 1 saturated carbocycles. The van der Waals surface area contributed by atoms with E-state index >= 15 is 0 Å². The Kier molecular flexibility index (Phi) is 1.52. The van der Waals surface area contributed by atoms with Gasteiger partial charge in [-0.2, -0.15) is 0 Å². The molecule has 3 aliphatic rings. The van der Waals surface area contributed by atoms with Crippen LogP contribution in [0.5, 0.6) is 0 Å². The summed E-state index contributed by atoms with van der Waals surface area (Å²) in [5.74, 6) is 0.572. The van der Waals surface area contributed by atoms with Crippen LogP contribution < -0.4 is 0 Å². The predicted octanol–water partition coefficient (Wildman–Crippen LogP) is 1.32. The maximum absolute atomic E-state index is 9.51. The van der Waals surface area contributed by atoms with E-state index in [1.165, 1.54) is 6.42 Å². The summed E-state index contributed by atoms with van der Waals surface area (Å²) >= 11 is 0. The molecule has 3 atom stereocenters. The third-order valence-electron chi connectivity index (χ3n) is 3.19. The summed E-state index contributed by atoms with van der Waals surface area (Å²) in [5, 5.41) is 9.51. The normalized spacial score (nSPS) is 47.7. The average molecular weight is 156 g/mol. The maximum Gasteiger partial charge on any atom is 0.0841 e. The minimum absolute atomic E-state index is 0.0160. The summed E-state index contributed by atoms with van der Waals surface area (Å²) in [6.45, 7) is 4.27. The van der Waals surface area contributed by atoms with Gasteiger partial charge in [0.15, 0.2) is 0 Å². The number of hydrogen-bond donors (Lipinski definition) is 1. The zero-order valence-corrected chi connectivity index (χ0v) is 7.21. The number of ether oxygens (including phenoxy) is 1. The molecule has 0 radical (unpaired) electrons. The van der Waals surface area contributed by atoms with Gasteiger partial charge in [-0.1, -0.05) is 0 Å². The molecule has 2 heterocycles. The van der Waals surface area contributed by atoms with E-state index in [1.807, 2.05) is 0 Å². The molecule has 0 aromatic carbocycles. The summed E-state index contributed by atoms with van der Waals surface area (Å²) in [6.07, 6.45) is 3.15. The van der Waals surface area contributed by atoms with Gasteiger partial charge in [0.05, 0.1) is 17.8 Å². The van der Waals surface area contributed by atoms with E-state index < -0.39 is 0 Å². The Bertz CT molecular complexity index is 165. The molecule has 2 saturated heterocycles. The third-order valence-corrected chi connectivity index (χ3v) is 3.19. The molecule has 2 aliphatic heterocycles. The largest absolute Gasteiger partial charge is 0.390 e. The molecule has 3 rings (SSSR count). The molecule has 3 unspecified atom stereocenters. The molecule has 1 aliphatic carbocycles. The van der Waals surface area contributed by atoms with Crippen LogP contribution in [-0.4, -0.2) is 22.9 Å². The van der Waals surface area contributed by atoms with E-state index in [0.717, 1.165) is 12.8 Å². The van der Waals surface area contributed by atoms with Crippen LogP contribution in [0.15, 0.2) is 0 Å². The van der Waals surface area contributed by atoms with E-state index in [2.05, 4.69) is 13.8 Å². The molecule has 2 heteroatoms. The summed E-state index contributed by atoms with van der Waals surface area (Å²) in [7, 11) is 0. The Hall–Kier alpha value is -0.0800. The van der Waals surface area contributed by atoms with Gasteiger partial charge in [-0.15, -0.1) is 0 Å². The number of fused-ring (bicyclic) bond motifs is 3. The van der Waals surface area contributed by atoms with Crippen molar-refractivity contribution in [1.82, 2.24) is 0 Å². The molecule has 0 aromatic rings. The first-order chi connectivity index (χ1) is 5.09. The SMILES string of the molecule is CC1(C)OC2CCC1CC2O. The van der Waals surface area contributed by atoms with Crippen molar-refractivity contribution >= 4 is 0 Å². The van der Waals surface area contributed by atoms with Crippen LogP contribution in [0.2, 0.25) is 0 Å². The average Bonchev–Trinajstić information content (AvgIpc) is 1.90. The Morgan fingerprint density at radius 3 is 2.36 bits per heavy atom. The van der Waals surface area contributed by atoms with Gasteiger partial charge >= 0.3 is 0 Å². The Labute approximate surface area is 67.6 Å². The molecular weight excluding hydrogens is 140 g/mol. The second kappa shape index (κ2) is 2.20. The highest BCUT2D eigenvalue weighted by Crippen LogP contribution is 2.43. The zero-order valence-electron chi connectivity index (χ0n) is 7.21. The quantitative estimate of drug-likeness (QED) is 0.573.